The molecule has 5 nitrogen and oxygen atoms in total. The number of nitrogens with one attached hydrogen (secondary N) is 1. The number of hydrogen-bond acceptors (Lipinski definition) is 4. The lowest BCUT2D eigenvalue weighted by molar-refractivity contribution is 0.133. The molecule has 0 spiro atoms. The van der Waals surface area contributed by atoms with Crippen molar-refractivity contribution in [3.63, 3.8) is 0 Å². The molecule has 116 valence electrons. The van der Waals surface area contributed by atoms with Crippen LogP contribution in [0.5, 0.6) is 0 Å². The average molecular weight is 291 g/mol. The van der Waals surface area contributed by atoms with Gasteiger partial charge in [-0.25, -0.2) is 0 Å². The first kappa shape index (κ1) is 15.8. The Morgan fingerprint density at radius 2 is 2.10 bits per heavy atom. The van der Waals surface area contributed by atoms with Crippen LogP contribution in [0.2, 0.25) is 0 Å². The number of amidine groups is 1. The molecular weight excluding hydrogens is 266 g/mol. The van der Waals surface area contributed by atoms with Gasteiger partial charge in [0.05, 0.1) is 6.61 Å². The second-order valence-electron chi connectivity index (χ2n) is 5.78. The SMILES string of the molecule is CCOCc1ccccc1CNCC1(CC(N)=NO)CC1. The topological polar surface area (TPSA) is 79.9 Å². The van der Waals surface area contributed by atoms with Crippen molar-refractivity contribution in [1.82, 2.24) is 5.32 Å². The highest BCUT2D eigenvalue weighted by Crippen LogP contribution is 2.48. The van der Waals surface area contributed by atoms with Gasteiger partial charge in [-0.05, 0) is 36.3 Å². The van der Waals surface area contributed by atoms with E-state index in [2.05, 4.69) is 28.7 Å². The molecule has 0 aromatic heterocycles. The Morgan fingerprint density at radius 3 is 2.71 bits per heavy atom. The van der Waals surface area contributed by atoms with E-state index in [0.717, 1.165) is 32.5 Å². The van der Waals surface area contributed by atoms with Crippen molar-refractivity contribution in [2.75, 3.05) is 13.2 Å². The van der Waals surface area contributed by atoms with Crippen molar-refractivity contribution in [2.45, 2.75) is 39.3 Å². The van der Waals surface area contributed by atoms with Gasteiger partial charge in [-0.15, -0.1) is 0 Å². The molecule has 0 radical (unpaired) electrons. The fraction of sp³-hybridized carbons (Fsp3) is 0.562. The van der Waals surface area contributed by atoms with E-state index >= 15 is 0 Å². The number of ether oxygens (including phenoxy) is 1. The Morgan fingerprint density at radius 1 is 1.38 bits per heavy atom. The van der Waals surface area contributed by atoms with Gasteiger partial charge in [0.1, 0.15) is 5.84 Å². The lowest BCUT2D eigenvalue weighted by Gasteiger charge is -2.16. The first-order valence-corrected chi connectivity index (χ1v) is 7.51. The van der Waals surface area contributed by atoms with Gasteiger partial charge in [-0.2, -0.15) is 0 Å². The molecule has 0 aliphatic heterocycles. The molecule has 1 aromatic carbocycles. The summed E-state index contributed by atoms with van der Waals surface area (Å²) in [7, 11) is 0. The maximum atomic E-state index is 8.68. The predicted octanol–water partition coefficient (Wildman–Crippen LogP) is 2.23. The smallest absolute Gasteiger partial charge is 0.139 e. The number of benzene rings is 1. The molecule has 5 heteroatoms. The molecule has 0 atom stereocenters. The van der Waals surface area contributed by atoms with Crippen LogP contribution in [-0.2, 0) is 17.9 Å². The van der Waals surface area contributed by atoms with E-state index in [9.17, 15) is 0 Å². The second kappa shape index (κ2) is 7.43. The summed E-state index contributed by atoms with van der Waals surface area (Å²) in [6.07, 6.45) is 2.94. The molecular formula is C16H25N3O2. The van der Waals surface area contributed by atoms with Crippen molar-refractivity contribution in [3.8, 4) is 0 Å². The van der Waals surface area contributed by atoms with Crippen molar-refractivity contribution < 1.29 is 9.94 Å². The number of oxime groups is 1. The maximum Gasteiger partial charge on any atom is 0.139 e. The summed E-state index contributed by atoms with van der Waals surface area (Å²) in [5, 5.41) is 15.3. The van der Waals surface area contributed by atoms with Crippen molar-refractivity contribution in [3.05, 3.63) is 35.4 Å². The highest BCUT2D eigenvalue weighted by Gasteiger charge is 2.42. The van der Waals surface area contributed by atoms with Gasteiger partial charge in [0.25, 0.3) is 0 Å². The van der Waals surface area contributed by atoms with Crippen molar-refractivity contribution in [2.24, 2.45) is 16.3 Å². The van der Waals surface area contributed by atoms with Crippen LogP contribution in [0.25, 0.3) is 0 Å². The van der Waals surface area contributed by atoms with E-state index in [1.807, 2.05) is 13.0 Å². The Hall–Kier alpha value is -1.59. The van der Waals surface area contributed by atoms with Gasteiger partial charge in [-0.3, -0.25) is 0 Å². The summed E-state index contributed by atoms with van der Waals surface area (Å²) in [5.41, 5.74) is 8.30. The van der Waals surface area contributed by atoms with Crippen molar-refractivity contribution >= 4 is 5.84 Å². The first-order chi connectivity index (χ1) is 10.2. The fourth-order valence-corrected chi connectivity index (χ4v) is 2.56. The zero-order valence-corrected chi connectivity index (χ0v) is 12.6. The quantitative estimate of drug-likeness (QED) is 0.282. The second-order valence-corrected chi connectivity index (χ2v) is 5.78. The minimum Gasteiger partial charge on any atom is -0.409 e. The van der Waals surface area contributed by atoms with E-state index in [-0.39, 0.29) is 5.41 Å². The summed E-state index contributed by atoms with van der Waals surface area (Å²) in [4.78, 5) is 0. The molecule has 0 amide bonds. The summed E-state index contributed by atoms with van der Waals surface area (Å²) < 4.78 is 5.50. The van der Waals surface area contributed by atoms with Crippen molar-refractivity contribution in [1.29, 1.82) is 0 Å². The minimum absolute atomic E-state index is 0.186. The Balaban J connectivity index is 1.83. The van der Waals surface area contributed by atoms with Crippen LogP contribution in [0.3, 0.4) is 0 Å². The van der Waals surface area contributed by atoms with Crippen LogP contribution in [0.15, 0.2) is 29.4 Å². The van der Waals surface area contributed by atoms with Gasteiger partial charge >= 0.3 is 0 Å². The molecule has 1 aliphatic carbocycles. The fourth-order valence-electron chi connectivity index (χ4n) is 2.56. The third kappa shape index (κ3) is 4.72. The average Bonchev–Trinajstić information content (AvgIpc) is 3.25. The minimum atomic E-state index is 0.186. The maximum absolute atomic E-state index is 8.68. The molecule has 1 saturated carbocycles. The van der Waals surface area contributed by atoms with Gasteiger partial charge in [0, 0.05) is 26.1 Å². The van der Waals surface area contributed by atoms with Gasteiger partial charge < -0.3 is 21.0 Å². The summed E-state index contributed by atoms with van der Waals surface area (Å²) >= 11 is 0. The van der Waals surface area contributed by atoms with E-state index in [0.29, 0.717) is 18.9 Å². The Labute approximate surface area is 126 Å². The predicted molar refractivity (Wildman–Crippen MR) is 83.2 cm³/mol. The molecule has 0 heterocycles. The Kier molecular flexibility index (Phi) is 5.59. The lowest BCUT2D eigenvalue weighted by Crippen LogP contribution is -2.28. The van der Waals surface area contributed by atoms with Gasteiger partial charge in [0.15, 0.2) is 0 Å². The van der Waals surface area contributed by atoms with E-state index in [1.165, 1.54) is 11.1 Å². The van der Waals surface area contributed by atoms with E-state index in [4.69, 9.17) is 15.7 Å². The summed E-state index contributed by atoms with van der Waals surface area (Å²) in [6, 6.07) is 8.33. The Bertz CT molecular complexity index is 484. The number of hydrogen-bond donors (Lipinski definition) is 3. The molecule has 0 bridgehead atoms. The third-order valence-electron chi connectivity index (χ3n) is 4.04. The highest BCUT2D eigenvalue weighted by molar-refractivity contribution is 5.80. The van der Waals surface area contributed by atoms with Gasteiger partial charge in [0.2, 0.25) is 0 Å². The van der Waals surface area contributed by atoms with Crippen LogP contribution in [0.1, 0.15) is 37.3 Å². The van der Waals surface area contributed by atoms with E-state index < -0.39 is 0 Å². The molecule has 4 N–H and O–H groups in total. The molecule has 1 aromatic rings. The number of nitrogens with zero attached hydrogens (tertiary/aromatic N) is 1. The summed E-state index contributed by atoms with van der Waals surface area (Å²) in [6.45, 7) is 5.10. The van der Waals surface area contributed by atoms with Gasteiger partial charge in [-0.1, -0.05) is 29.4 Å². The third-order valence-corrected chi connectivity index (χ3v) is 4.04. The standard InChI is InChI=1S/C16H25N3O2/c1-2-21-11-14-6-4-3-5-13(14)10-18-12-16(7-8-16)9-15(17)19-20/h3-6,18,20H,2,7-12H2,1H3,(H2,17,19). The van der Waals surface area contributed by atoms with E-state index in [1.54, 1.807) is 0 Å². The lowest BCUT2D eigenvalue weighted by atomic mass is 10.0. The summed E-state index contributed by atoms with van der Waals surface area (Å²) in [5.74, 6) is 0.325. The van der Waals surface area contributed by atoms with Crippen LogP contribution >= 0.6 is 0 Å². The molecule has 0 saturated heterocycles. The molecule has 1 aliphatic rings. The molecule has 2 rings (SSSR count). The monoisotopic (exact) mass is 291 g/mol. The van der Waals surface area contributed by atoms with Crippen LogP contribution < -0.4 is 11.1 Å². The van der Waals surface area contributed by atoms with Crippen LogP contribution in [0.4, 0.5) is 0 Å². The highest BCUT2D eigenvalue weighted by atomic mass is 16.5. The number of nitrogens with two attached hydrogens (primary N) is 1. The largest absolute Gasteiger partial charge is 0.409 e. The normalized spacial score (nSPS) is 16.9. The zero-order chi connectivity index (χ0) is 15.1. The van der Waals surface area contributed by atoms with Crippen LogP contribution in [-0.4, -0.2) is 24.2 Å². The molecule has 0 unspecified atom stereocenters. The number of rotatable bonds is 9. The first-order valence-electron chi connectivity index (χ1n) is 7.51. The molecule has 1 fully saturated rings. The zero-order valence-electron chi connectivity index (χ0n) is 12.6. The van der Waals surface area contributed by atoms with Crippen LogP contribution in [0, 0.1) is 5.41 Å². The molecule has 21 heavy (non-hydrogen) atoms.